The predicted octanol–water partition coefficient (Wildman–Crippen LogP) is 4.14. The van der Waals surface area contributed by atoms with Crippen molar-refractivity contribution in [1.29, 1.82) is 0 Å². The third kappa shape index (κ3) is 3.60. The smallest absolute Gasteiger partial charge is 0.350 e. The van der Waals surface area contributed by atoms with Crippen molar-refractivity contribution in [2.24, 2.45) is 0 Å². The van der Waals surface area contributed by atoms with Gasteiger partial charge in [0.05, 0.1) is 5.69 Å². The average Bonchev–Trinajstić information content (AvgIpc) is 3.14. The molecule has 0 radical (unpaired) electrons. The Morgan fingerprint density at radius 2 is 2.04 bits per heavy atom. The van der Waals surface area contributed by atoms with E-state index in [1.54, 1.807) is 0 Å². The van der Waals surface area contributed by atoms with Crippen molar-refractivity contribution in [3.63, 3.8) is 0 Å². The SMILES string of the molecule is O=C(OCC(=O)N(C1=CCCCC1)C1CC1)c1sccc1-n1cccc1. The van der Waals surface area contributed by atoms with Crippen LogP contribution in [0.1, 0.15) is 48.2 Å². The van der Waals surface area contributed by atoms with Crippen molar-refractivity contribution >= 4 is 23.2 Å². The number of rotatable bonds is 6. The van der Waals surface area contributed by atoms with Gasteiger partial charge in [-0.1, -0.05) is 6.08 Å². The minimum Gasteiger partial charge on any atom is -0.451 e. The summed E-state index contributed by atoms with van der Waals surface area (Å²) in [5.41, 5.74) is 1.90. The number of allylic oxidation sites excluding steroid dienone is 2. The normalized spacial score (nSPS) is 16.8. The Balaban J connectivity index is 1.42. The molecule has 2 heterocycles. The molecule has 6 heteroatoms. The van der Waals surface area contributed by atoms with Gasteiger partial charge in [-0.05, 0) is 62.1 Å². The first-order valence-electron chi connectivity index (χ1n) is 9.13. The lowest BCUT2D eigenvalue weighted by Gasteiger charge is -2.27. The molecule has 0 N–H and O–H groups in total. The van der Waals surface area contributed by atoms with Gasteiger partial charge in [0.15, 0.2) is 6.61 Å². The Morgan fingerprint density at radius 1 is 1.23 bits per heavy atom. The van der Waals surface area contributed by atoms with E-state index in [2.05, 4.69) is 6.08 Å². The maximum Gasteiger partial charge on any atom is 0.350 e. The van der Waals surface area contributed by atoms with Crippen LogP contribution < -0.4 is 0 Å². The van der Waals surface area contributed by atoms with Crippen LogP contribution in [0, 0.1) is 0 Å². The van der Waals surface area contributed by atoms with Crippen LogP contribution in [0.3, 0.4) is 0 Å². The van der Waals surface area contributed by atoms with Crippen LogP contribution in [-0.2, 0) is 9.53 Å². The molecule has 2 aromatic rings. The number of hydrogen-bond acceptors (Lipinski definition) is 4. The van der Waals surface area contributed by atoms with Crippen LogP contribution in [0.2, 0.25) is 0 Å². The van der Waals surface area contributed by atoms with Gasteiger partial charge in [0, 0.05) is 24.1 Å². The monoisotopic (exact) mass is 370 g/mol. The number of esters is 1. The number of amides is 1. The largest absolute Gasteiger partial charge is 0.451 e. The number of nitrogens with zero attached hydrogens (tertiary/aromatic N) is 2. The summed E-state index contributed by atoms with van der Waals surface area (Å²) in [5, 5.41) is 1.86. The van der Waals surface area contributed by atoms with Gasteiger partial charge >= 0.3 is 5.97 Å². The minimum absolute atomic E-state index is 0.104. The highest BCUT2D eigenvalue weighted by atomic mass is 32.1. The molecule has 0 aromatic carbocycles. The van der Waals surface area contributed by atoms with Crippen molar-refractivity contribution in [1.82, 2.24) is 9.47 Å². The summed E-state index contributed by atoms with van der Waals surface area (Å²) < 4.78 is 7.25. The fourth-order valence-electron chi connectivity index (χ4n) is 3.39. The van der Waals surface area contributed by atoms with Crippen molar-refractivity contribution in [2.75, 3.05) is 6.61 Å². The molecular weight excluding hydrogens is 348 g/mol. The summed E-state index contributed by atoms with van der Waals surface area (Å²) in [4.78, 5) is 27.6. The fourth-order valence-corrected chi connectivity index (χ4v) is 4.17. The second-order valence-corrected chi connectivity index (χ2v) is 7.65. The van der Waals surface area contributed by atoms with Crippen LogP contribution in [-0.4, -0.2) is 34.0 Å². The highest BCUT2D eigenvalue weighted by Crippen LogP contribution is 2.33. The number of carbonyl (C=O) groups is 2. The van der Waals surface area contributed by atoms with E-state index in [1.807, 2.05) is 45.4 Å². The van der Waals surface area contributed by atoms with Gasteiger partial charge in [-0.15, -0.1) is 11.3 Å². The van der Waals surface area contributed by atoms with Gasteiger partial charge in [-0.2, -0.15) is 0 Å². The van der Waals surface area contributed by atoms with Gasteiger partial charge < -0.3 is 14.2 Å². The Morgan fingerprint density at radius 3 is 2.73 bits per heavy atom. The lowest BCUT2D eigenvalue weighted by atomic mass is 10.0. The fraction of sp³-hybridized carbons (Fsp3) is 0.400. The lowest BCUT2D eigenvalue weighted by molar-refractivity contribution is -0.133. The molecule has 2 aromatic heterocycles. The van der Waals surface area contributed by atoms with Crippen molar-refractivity contribution < 1.29 is 14.3 Å². The van der Waals surface area contributed by atoms with Gasteiger partial charge in [0.1, 0.15) is 4.88 Å². The van der Waals surface area contributed by atoms with E-state index in [4.69, 9.17) is 4.74 Å². The summed E-state index contributed by atoms with van der Waals surface area (Å²) in [6.45, 7) is -0.199. The van der Waals surface area contributed by atoms with Gasteiger partial charge in [-0.25, -0.2) is 4.79 Å². The number of aromatic nitrogens is 1. The Labute approximate surface area is 156 Å². The zero-order valence-corrected chi connectivity index (χ0v) is 15.4. The van der Waals surface area contributed by atoms with E-state index in [0.29, 0.717) is 10.9 Å². The Kier molecular flexibility index (Phi) is 4.93. The third-order valence-electron chi connectivity index (χ3n) is 4.80. The van der Waals surface area contributed by atoms with E-state index in [9.17, 15) is 9.59 Å². The van der Waals surface area contributed by atoms with E-state index >= 15 is 0 Å². The zero-order chi connectivity index (χ0) is 17.9. The second-order valence-electron chi connectivity index (χ2n) is 6.74. The molecule has 0 saturated heterocycles. The van der Waals surface area contributed by atoms with Crippen LogP contribution >= 0.6 is 11.3 Å². The summed E-state index contributed by atoms with van der Waals surface area (Å²) >= 11 is 1.33. The van der Waals surface area contributed by atoms with Crippen LogP contribution in [0.25, 0.3) is 5.69 Å². The summed E-state index contributed by atoms with van der Waals surface area (Å²) in [7, 11) is 0. The molecule has 5 nitrogen and oxygen atoms in total. The maximum absolute atomic E-state index is 12.7. The number of ether oxygens (including phenoxy) is 1. The molecule has 1 amide bonds. The van der Waals surface area contributed by atoms with E-state index in [1.165, 1.54) is 17.8 Å². The second kappa shape index (κ2) is 7.50. The van der Waals surface area contributed by atoms with Gasteiger partial charge in [0.2, 0.25) is 0 Å². The maximum atomic E-state index is 12.7. The highest BCUT2D eigenvalue weighted by molar-refractivity contribution is 7.12. The standard InChI is InChI=1S/C20H22N2O3S/c23-18(22(16-8-9-16)15-6-2-1-3-7-15)14-25-20(24)19-17(10-13-26-19)21-11-4-5-12-21/h4-6,10-13,16H,1-3,7-9,14H2. The highest BCUT2D eigenvalue weighted by Gasteiger charge is 2.35. The van der Waals surface area contributed by atoms with E-state index < -0.39 is 5.97 Å². The Bertz CT molecular complexity index is 818. The topological polar surface area (TPSA) is 51.5 Å². The summed E-state index contributed by atoms with van der Waals surface area (Å²) in [6, 6.07) is 5.98. The molecule has 1 saturated carbocycles. The minimum atomic E-state index is -0.439. The molecule has 2 aliphatic rings. The lowest BCUT2D eigenvalue weighted by Crippen LogP contribution is -2.36. The molecule has 136 valence electrons. The van der Waals surface area contributed by atoms with Gasteiger partial charge in [-0.3, -0.25) is 4.79 Å². The first-order valence-corrected chi connectivity index (χ1v) is 10.0. The third-order valence-corrected chi connectivity index (χ3v) is 5.68. The molecule has 4 rings (SSSR count). The Hall–Kier alpha value is -2.34. The van der Waals surface area contributed by atoms with Crippen LogP contribution in [0.4, 0.5) is 0 Å². The van der Waals surface area contributed by atoms with Gasteiger partial charge in [0.25, 0.3) is 5.91 Å². The molecule has 0 unspecified atom stereocenters. The number of carbonyl (C=O) groups excluding carboxylic acids is 2. The molecule has 2 aliphatic carbocycles. The molecule has 0 atom stereocenters. The quantitative estimate of drug-likeness (QED) is 0.718. The number of thiophene rings is 1. The summed E-state index contributed by atoms with van der Waals surface area (Å²) in [6.07, 6.45) is 12.3. The van der Waals surface area contributed by atoms with Crippen molar-refractivity contribution in [3.8, 4) is 5.69 Å². The van der Waals surface area contributed by atoms with E-state index in [0.717, 1.165) is 43.5 Å². The predicted molar refractivity (Wildman–Crippen MR) is 100 cm³/mol. The molecule has 26 heavy (non-hydrogen) atoms. The van der Waals surface area contributed by atoms with Crippen LogP contribution in [0.15, 0.2) is 47.7 Å². The summed E-state index contributed by atoms with van der Waals surface area (Å²) in [5.74, 6) is -0.543. The molecule has 0 bridgehead atoms. The molecule has 0 aliphatic heterocycles. The van der Waals surface area contributed by atoms with Crippen molar-refractivity contribution in [3.05, 3.63) is 52.6 Å². The molecular formula is C20H22N2O3S. The zero-order valence-electron chi connectivity index (χ0n) is 14.6. The van der Waals surface area contributed by atoms with Crippen molar-refractivity contribution in [2.45, 2.75) is 44.6 Å². The average molecular weight is 370 g/mol. The first-order chi connectivity index (χ1) is 12.7. The molecule has 1 fully saturated rings. The molecule has 0 spiro atoms. The van der Waals surface area contributed by atoms with Crippen LogP contribution in [0.5, 0.6) is 0 Å². The number of hydrogen-bond donors (Lipinski definition) is 0. The first kappa shape index (κ1) is 17.1. The van der Waals surface area contributed by atoms with E-state index in [-0.39, 0.29) is 12.5 Å².